The summed E-state index contributed by atoms with van der Waals surface area (Å²) in [5.41, 5.74) is 3.77. The molecule has 1 atom stereocenters. The SMILES string of the molecule is Cc1ccnc2c1nc(C(C)Cl)n2-c1ccc(Cl)cc1I. The number of rotatable bonds is 2. The van der Waals surface area contributed by atoms with Gasteiger partial charge in [-0.1, -0.05) is 11.6 Å². The summed E-state index contributed by atoms with van der Waals surface area (Å²) >= 11 is 14.6. The molecule has 0 spiro atoms. The van der Waals surface area contributed by atoms with Gasteiger partial charge in [0, 0.05) is 14.8 Å². The van der Waals surface area contributed by atoms with Crippen LogP contribution < -0.4 is 0 Å². The van der Waals surface area contributed by atoms with Gasteiger partial charge in [0.15, 0.2) is 5.65 Å². The largest absolute Gasteiger partial charge is 0.278 e. The molecule has 0 radical (unpaired) electrons. The molecule has 21 heavy (non-hydrogen) atoms. The van der Waals surface area contributed by atoms with Gasteiger partial charge in [-0.05, 0) is 66.3 Å². The summed E-state index contributed by atoms with van der Waals surface area (Å²) < 4.78 is 3.04. The Morgan fingerprint density at radius 3 is 2.71 bits per heavy atom. The number of imidazole rings is 1. The molecule has 0 saturated carbocycles. The number of benzene rings is 1. The van der Waals surface area contributed by atoms with E-state index in [1.807, 2.05) is 42.7 Å². The second-order valence-electron chi connectivity index (χ2n) is 4.82. The van der Waals surface area contributed by atoms with Crippen LogP contribution in [0.5, 0.6) is 0 Å². The first-order chi connectivity index (χ1) is 9.99. The summed E-state index contributed by atoms with van der Waals surface area (Å²) in [7, 11) is 0. The lowest BCUT2D eigenvalue weighted by atomic mass is 10.2. The van der Waals surface area contributed by atoms with Crippen LogP contribution in [-0.2, 0) is 0 Å². The molecule has 6 heteroatoms. The lowest BCUT2D eigenvalue weighted by Crippen LogP contribution is -2.04. The van der Waals surface area contributed by atoms with Gasteiger partial charge in [-0.25, -0.2) is 9.97 Å². The highest BCUT2D eigenvalue weighted by molar-refractivity contribution is 14.1. The molecule has 3 aromatic rings. The first-order valence-electron chi connectivity index (χ1n) is 6.42. The summed E-state index contributed by atoms with van der Waals surface area (Å²) in [6.45, 7) is 3.94. The average molecular weight is 432 g/mol. The van der Waals surface area contributed by atoms with Crippen molar-refractivity contribution < 1.29 is 0 Å². The van der Waals surface area contributed by atoms with Gasteiger partial charge in [-0.3, -0.25) is 4.57 Å². The monoisotopic (exact) mass is 431 g/mol. The van der Waals surface area contributed by atoms with Crippen molar-refractivity contribution >= 4 is 57.0 Å². The Labute approximate surface area is 146 Å². The number of aromatic nitrogens is 3. The van der Waals surface area contributed by atoms with Crippen molar-refractivity contribution in [2.75, 3.05) is 0 Å². The van der Waals surface area contributed by atoms with Crippen LogP contribution in [0.3, 0.4) is 0 Å². The molecule has 1 aromatic carbocycles. The van der Waals surface area contributed by atoms with Gasteiger partial charge in [0.2, 0.25) is 0 Å². The molecule has 0 amide bonds. The third-order valence-electron chi connectivity index (χ3n) is 3.28. The van der Waals surface area contributed by atoms with Gasteiger partial charge in [-0.2, -0.15) is 0 Å². The van der Waals surface area contributed by atoms with Crippen LogP contribution in [0.4, 0.5) is 0 Å². The number of fused-ring (bicyclic) bond motifs is 1. The maximum absolute atomic E-state index is 6.33. The van der Waals surface area contributed by atoms with Gasteiger partial charge < -0.3 is 0 Å². The van der Waals surface area contributed by atoms with Crippen molar-refractivity contribution in [3.8, 4) is 5.69 Å². The minimum absolute atomic E-state index is 0.218. The van der Waals surface area contributed by atoms with Crippen LogP contribution in [0.2, 0.25) is 5.02 Å². The standard InChI is InChI=1S/C15H12Cl2IN3/c1-8-5-6-19-15-13(8)20-14(9(2)16)21(15)12-4-3-10(17)7-11(12)18/h3-7,9H,1-2H3. The van der Waals surface area contributed by atoms with Crippen molar-refractivity contribution in [2.24, 2.45) is 0 Å². The zero-order valence-electron chi connectivity index (χ0n) is 11.4. The molecule has 0 aliphatic rings. The van der Waals surface area contributed by atoms with E-state index in [1.165, 1.54) is 0 Å². The summed E-state index contributed by atoms with van der Waals surface area (Å²) in [6.07, 6.45) is 1.79. The Hall–Kier alpha value is -0.850. The van der Waals surface area contributed by atoms with Crippen LogP contribution in [0.1, 0.15) is 23.7 Å². The zero-order valence-corrected chi connectivity index (χ0v) is 15.1. The molecule has 108 valence electrons. The zero-order chi connectivity index (χ0) is 15.1. The lowest BCUT2D eigenvalue weighted by molar-refractivity contribution is 0.874. The Balaban J connectivity index is 2.39. The fraction of sp³-hybridized carbons (Fsp3) is 0.200. The van der Waals surface area contributed by atoms with Crippen LogP contribution in [-0.4, -0.2) is 14.5 Å². The molecular formula is C15H12Cl2IN3. The Morgan fingerprint density at radius 1 is 1.29 bits per heavy atom. The minimum atomic E-state index is -0.218. The third kappa shape index (κ3) is 2.64. The van der Waals surface area contributed by atoms with Crippen LogP contribution in [0.15, 0.2) is 30.5 Å². The van der Waals surface area contributed by atoms with Crippen molar-refractivity contribution in [3.05, 3.63) is 50.4 Å². The fourth-order valence-corrected chi connectivity index (χ4v) is 3.54. The number of alkyl halides is 1. The second-order valence-corrected chi connectivity index (χ2v) is 7.07. The van der Waals surface area contributed by atoms with Gasteiger partial charge in [0.1, 0.15) is 11.3 Å². The normalized spacial score (nSPS) is 12.8. The van der Waals surface area contributed by atoms with Crippen molar-refractivity contribution in [3.63, 3.8) is 0 Å². The maximum Gasteiger partial charge on any atom is 0.165 e. The number of hydrogen-bond donors (Lipinski definition) is 0. The van der Waals surface area contributed by atoms with E-state index in [2.05, 4.69) is 32.6 Å². The van der Waals surface area contributed by atoms with E-state index in [-0.39, 0.29) is 5.38 Å². The Kier molecular flexibility index (Phi) is 4.12. The molecule has 2 aromatic heterocycles. The molecule has 0 N–H and O–H groups in total. The Bertz CT molecular complexity index is 827. The molecule has 3 rings (SSSR count). The number of aryl methyl sites for hydroxylation is 1. The maximum atomic E-state index is 6.33. The molecule has 0 fully saturated rings. The first-order valence-corrected chi connectivity index (χ1v) is 8.32. The molecule has 0 bridgehead atoms. The van der Waals surface area contributed by atoms with Crippen LogP contribution in [0, 0.1) is 10.5 Å². The van der Waals surface area contributed by atoms with Crippen molar-refractivity contribution in [2.45, 2.75) is 19.2 Å². The van der Waals surface area contributed by atoms with E-state index in [9.17, 15) is 0 Å². The van der Waals surface area contributed by atoms with E-state index in [4.69, 9.17) is 23.2 Å². The van der Waals surface area contributed by atoms with Gasteiger partial charge in [-0.15, -0.1) is 11.6 Å². The predicted octanol–water partition coefficient (Wildman–Crippen LogP) is 5.29. The van der Waals surface area contributed by atoms with Gasteiger partial charge >= 0.3 is 0 Å². The van der Waals surface area contributed by atoms with Crippen molar-refractivity contribution in [1.29, 1.82) is 0 Å². The lowest BCUT2D eigenvalue weighted by Gasteiger charge is -2.12. The third-order valence-corrected chi connectivity index (χ3v) is 4.57. The first kappa shape index (κ1) is 15.1. The predicted molar refractivity (Wildman–Crippen MR) is 95.6 cm³/mol. The molecule has 0 aliphatic carbocycles. The van der Waals surface area contributed by atoms with Crippen LogP contribution in [0.25, 0.3) is 16.9 Å². The van der Waals surface area contributed by atoms with E-state index in [0.29, 0.717) is 5.02 Å². The van der Waals surface area contributed by atoms with E-state index < -0.39 is 0 Å². The second kappa shape index (κ2) is 5.74. The number of halogens is 3. The fourth-order valence-electron chi connectivity index (χ4n) is 2.28. The highest BCUT2D eigenvalue weighted by Crippen LogP contribution is 2.31. The molecular weight excluding hydrogens is 420 g/mol. The van der Waals surface area contributed by atoms with E-state index >= 15 is 0 Å². The molecule has 0 saturated heterocycles. The van der Waals surface area contributed by atoms with Crippen molar-refractivity contribution in [1.82, 2.24) is 14.5 Å². The Morgan fingerprint density at radius 2 is 2.05 bits per heavy atom. The number of nitrogens with zero attached hydrogens (tertiary/aromatic N) is 3. The minimum Gasteiger partial charge on any atom is -0.278 e. The summed E-state index contributed by atoms with van der Waals surface area (Å²) in [5, 5.41) is 0.488. The average Bonchev–Trinajstić information content (AvgIpc) is 2.80. The molecule has 1 unspecified atom stereocenters. The topological polar surface area (TPSA) is 30.7 Å². The van der Waals surface area contributed by atoms with Gasteiger partial charge in [0.05, 0.1) is 11.1 Å². The van der Waals surface area contributed by atoms with E-state index in [0.717, 1.165) is 31.8 Å². The van der Waals surface area contributed by atoms with Crippen LogP contribution >= 0.6 is 45.8 Å². The van der Waals surface area contributed by atoms with E-state index in [1.54, 1.807) is 6.20 Å². The highest BCUT2D eigenvalue weighted by Gasteiger charge is 2.19. The number of hydrogen-bond acceptors (Lipinski definition) is 2. The molecule has 0 aliphatic heterocycles. The smallest absolute Gasteiger partial charge is 0.165 e. The quantitative estimate of drug-likeness (QED) is 0.407. The summed E-state index contributed by atoms with van der Waals surface area (Å²) in [4.78, 5) is 9.17. The molecule has 3 nitrogen and oxygen atoms in total. The highest BCUT2D eigenvalue weighted by atomic mass is 127. The number of pyridine rings is 1. The summed E-state index contributed by atoms with van der Waals surface area (Å²) in [5.74, 6) is 0.786. The molecule has 2 heterocycles. The van der Waals surface area contributed by atoms with Gasteiger partial charge in [0.25, 0.3) is 0 Å². The summed E-state index contributed by atoms with van der Waals surface area (Å²) in [6, 6.07) is 7.71.